The maximum atomic E-state index is 12.8. The van der Waals surface area contributed by atoms with Gasteiger partial charge in [-0.15, -0.1) is 5.10 Å². The highest BCUT2D eigenvalue weighted by molar-refractivity contribution is 5.78. The first-order valence-electron chi connectivity index (χ1n) is 7.10. The second-order valence-corrected chi connectivity index (χ2v) is 4.96. The zero-order chi connectivity index (χ0) is 15.1. The SMILES string of the molecule is CCn1c(=O)c(-n2nnc3ccccc32)nc2ccccc21. The Morgan fingerprint density at radius 3 is 2.41 bits per heavy atom. The lowest BCUT2D eigenvalue weighted by Crippen LogP contribution is -2.26. The van der Waals surface area contributed by atoms with E-state index in [4.69, 9.17) is 0 Å². The van der Waals surface area contributed by atoms with Gasteiger partial charge in [-0.1, -0.05) is 29.5 Å². The second-order valence-electron chi connectivity index (χ2n) is 4.96. The molecule has 6 heteroatoms. The Balaban J connectivity index is 2.11. The maximum absolute atomic E-state index is 12.8. The number of fused-ring (bicyclic) bond motifs is 2. The van der Waals surface area contributed by atoms with Crippen molar-refractivity contribution in [1.82, 2.24) is 24.5 Å². The highest BCUT2D eigenvalue weighted by Gasteiger charge is 2.15. The van der Waals surface area contributed by atoms with Gasteiger partial charge in [0.25, 0.3) is 5.56 Å². The van der Waals surface area contributed by atoms with Crippen LogP contribution in [-0.2, 0) is 6.54 Å². The van der Waals surface area contributed by atoms with E-state index in [0.717, 1.165) is 22.1 Å². The van der Waals surface area contributed by atoms with Crippen LogP contribution in [0.15, 0.2) is 53.3 Å². The zero-order valence-corrected chi connectivity index (χ0v) is 12.0. The van der Waals surface area contributed by atoms with Gasteiger partial charge in [0, 0.05) is 6.54 Å². The van der Waals surface area contributed by atoms with E-state index >= 15 is 0 Å². The summed E-state index contributed by atoms with van der Waals surface area (Å²) in [7, 11) is 0. The second kappa shape index (κ2) is 4.77. The van der Waals surface area contributed by atoms with E-state index in [1.165, 1.54) is 4.68 Å². The number of aryl methyl sites for hydroxylation is 1. The fourth-order valence-electron chi connectivity index (χ4n) is 2.66. The minimum atomic E-state index is -0.170. The van der Waals surface area contributed by atoms with Gasteiger partial charge in [0.05, 0.1) is 16.6 Å². The summed E-state index contributed by atoms with van der Waals surface area (Å²) in [5.41, 5.74) is 2.92. The van der Waals surface area contributed by atoms with Gasteiger partial charge in [0.1, 0.15) is 5.52 Å². The molecule has 22 heavy (non-hydrogen) atoms. The molecule has 4 aromatic rings. The highest BCUT2D eigenvalue weighted by atomic mass is 16.1. The summed E-state index contributed by atoms with van der Waals surface area (Å²) in [6.45, 7) is 2.51. The molecule has 0 spiro atoms. The summed E-state index contributed by atoms with van der Waals surface area (Å²) in [5.74, 6) is 0.272. The van der Waals surface area contributed by atoms with Crippen LogP contribution < -0.4 is 5.56 Å². The molecule has 0 saturated heterocycles. The molecule has 0 saturated carbocycles. The van der Waals surface area contributed by atoms with E-state index in [1.807, 2.05) is 55.5 Å². The van der Waals surface area contributed by atoms with Gasteiger partial charge in [0.2, 0.25) is 5.82 Å². The summed E-state index contributed by atoms with van der Waals surface area (Å²) in [6, 6.07) is 15.1. The molecule has 0 radical (unpaired) electrons. The van der Waals surface area contributed by atoms with Crippen molar-refractivity contribution in [3.05, 3.63) is 58.9 Å². The number of hydrogen-bond donors (Lipinski definition) is 0. The number of para-hydroxylation sites is 3. The average molecular weight is 291 g/mol. The summed E-state index contributed by atoms with van der Waals surface area (Å²) in [4.78, 5) is 17.3. The zero-order valence-electron chi connectivity index (χ0n) is 12.0. The van der Waals surface area contributed by atoms with Gasteiger partial charge in [0.15, 0.2) is 0 Å². The number of benzene rings is 2. The van der Waals surface area contributed by atoms with E-state index in [9.17, 15) is 4.79 Å². The van der Waals surface area contributed by atoms with Crippen LogP contribution in [0.25, 0.3) is 27.9 Å². The minimum absolute atomic E-state index is 0.170. The predicted molar refractivity (Wildman–Crippen MR) is 84.1 cm³/mol. The third-order valence-electron chi connectivity index (χ3n) is 3.70. The third-order valence-corrected chi connectivity index (χ3v) is 3.70. The first-order valence-corrected chi connectivity index (χ1v) is 7.10. The summed E-state index contributed by atoms with van der Waals surface area (Å²) in [5, 5.41) is 8.20. The molecule has 0 aliphatic rings. The lowest BCUT2D eigenvalue weighted by molar-refractivity contribution is 0.718. The minimum Gasteiger partial charge on any atom is -0.304 e. The molecule has 4 rings (SSSR count). The Morgan fingerprint density at radius 1 is 0.955 bits per heavy atom. The fourth-order valence-corrected chi connectivity index (χ4v) is 2.66. The molecule has 0 aliphatic heterocycles. The number of aromatic nitrogens is 5. The Hall–Kier alpha value is -3.02. The largest absolute Gasteiger partial charge is 0.304 e. The molecule has 108 valence electrons. The van der Waals surface area contributed by atoms with Crippen molar-refractivity contribution in [2.45, 2.75) is 13.5 Å². The van der Waals surface area contributed by atoms with Crippen LogP contribution in [0.4, 0.5) is 0 Å². The Kier molecular flexibility index (Phi) is 2.75. The number of nitrogens with zero attached hydrogens (tertiary/aromatic N) is 5. The molecule has 0 atom stereocenters. The van der Waals surface area contributed by atoms with E-state index in [1.54, 1.807) is 4.57 Å². The van der Waals surface area contributed by atoms with Crippen molar-refractivity contribution in [3.63, 3.8) is 0 Å². The van der Waals surface area contributed by atoms with Gasteiger partial charge in [-0.2, -0.15) is 4.68 Å². The quantitative estimate of drug-likeness (QED) is 0.567. The topological polar surface area (TPSA) is 65.6 Å². The smallest absolute Gasteiger partial charge is 0.296 e. The van der Waals surface area contributed by atoms with Crippen molar-refractivity contribution in [2.75, 3.05) is 0 Å². The average Bonchev–Trinajstić information content (AvgIpc) is 2.98. The lowest BCUT2D eigenvalue weighted by Gasteiger charge is -2.10. The predicted octanol–water partition coefficient (Wildman–Crippen LogP) is 2.15. The molecule has 0 bridgehead atoms. The third kappa shape index (κ3) is 1.74. The van der Waals surface area contributed by atoms with Gasteiger partial charge < -0.3 is 4.57 Å². The van der Waals surface area contributed by atoms with E-state index < -0.39 is 0 Å². The molecule has 0 aliphatic carbocycles. The summed E-state index contributed by atoms with van der Waals surface area (Å²) < 4.78 is 3.21. The first kappa shape index (κ1) is 12.7. The molecule has 0 N–H and O–H groups in total. The van der Waals surface area contributed by atoms with Crippen molar-refractivity contribution in [2.24, 2.45) is 0 Å². The van der Waals surface area contributed by atoms with Crippen LogP contribution >= 0.6 is 0 Å². The van der Waals surface area contributed by atoms with Crippen LogP contribution in [0, 0.1) is 0 Å². The van der Waals surface area contributed by atoms with Crippen LogP contribution in [-0.4, -0.2) is 24.5 Å². The molecule has 2 aromatic heterocycles. The molecular weight excluding hydrogens is 278 g/mol. The van der Waals surface area contributed by atoms with Gasteiger partial charge in [-0.3, -0.25) is 4.79 Å². The fraction of sp³-hybridized carbons (Fsp3) is 0.125. The molecular formula is C16H13N5O. The van der Waals surface area contributed by atoms with Crippen LogP contribution in [0.1, 0.15) is 6.92 Å². The van der Waals surface area contributed by atoms with Gasteiger partial charge in [-0.05, 0) is 31.2 Å². The molecule has 0 amide bonds. The van der Waals surface area contributed by atoms with Crippen LogP contribution in [0.2, 0.25) is 0 Å². The normalized spacial score (nSPS) is 11.3. The van der Waals surface area contributed by atoms with E-state index in [2.05, 4.69) is 15.3 Å². The van der Waals surface area contributed by atoms with Crippen molar-refractivity contribution in [1.29, 1.82) is 0 Å². The summed E-state index contributed by atoms with van der Waals surface area (Å²) >= 11 is 0. The number of rotatable bonds is 2. The van der Waals surface area contributed by atoms with E-state index in [-0.39, 0.29) is 11.4 Å². The van der Waals surface area contributed by atoms with Crippen molar-refractivity contribution >= 4 is 22.1 Å². The van der Waals surface area contributed by atoms with E-state index in [0.29, 0.717) is 6.54 Å². The molecule has 0 unspecified atom stereocenters. The van der Waals surface area contributed by atoms with Crippen LogP contribution in [0.3, 0.4) is 0 Å². The monoisotopic (exact) mass is 291 g/mol. The molecule has 6 nitrogen and oxygen atoms in total. The van der Waals surface area contributed by atoms with Gasteiger partial charge >= 0.3 is 0 Å². The molecule has 2 aromatic carbocycles. The van der Waals surface area contributed by atoms with Gasteiger partial charge in [-0.25, -0.2) is 4.98 Å². The highest BCUT2D eigenvalue weighted by Crippen LogP contribution is 2.15. The standard InChI is InChI=1S/C16H13N5O/c1-2-20-13-9-5-3-7-11(13)17-15(16(20)22)21-14-10-6-4-8-12(14)18-19-21/h3-10H,2H2,1H3. The maximum Gasteiger partial charge on any atom is 0.296 e. The Morgan fingerprint density at radius 2 is 1.64 bits per heavy atom. The summed E-state index contributed by atoms with van der Waals surface area (Å²) in [6.07, 6.45) is 0. The number of hydrogen-bond acceptors (Lipinski definition) is 4. The Labute approximate surface area is 125 Å². The van der Waals surface area contributed by atoms with Crippen molar-refractivity contribution < 1.29 is 0 Å². The first-order chi connectivity index (χ1) is 10.8. The Bertz CT molecular complexity index is 1050. The molecule has 2 heterocycles. The van der Waals surface area contributed by atoms with Crippen LogP contribution in [0.5, 0.6) is 0 Å². The lowest BCUT2D eigenvalue weighted by atomic mass is 10.3. The van der Waals surface area contributed by atoms with Crippen molar-refractivity contribution in [3.8, 4) is 5.82 Å². The molecule has 0 fully saturated rings.